The quantitative estimate of drug-likeness (QED) is 0.296. The molecule has 5 nitrogen and oxygen atoms in total. The average Bonchev–Trinajstić information content (AvgIpc) is 1.63. The standard InChI is InChI=1S/C4H9NO.2Na.H2O3S/c1-4(6)5(2)3;;;1-4(2)3/h1-3H3;;;(H2,1,2,3)/q;2*+1;/p-2. The van der Waals surface area contributed by atoms with Crippen molar-refractivity contribution in [1.82, 2.24) is 4.90 Å². The molecule has 0 atom stereocenters. The smallest absolute Gasteiger partial charge is 0.784 e. The van der Waals surface area contributed by atoms with Crippen molar-refractivity contribution in [2.45, 2.75) is 6.92 Å². The largest absolute Gasteiger partial charge is 1.00 e. The van der Waals surface area contributed by atoms with Gasteiger partial charge in [-0.15, -0.1) is 11.4 Å². The average molecular weight is 213 g/mol. The van der Waals surface area contributed by atoms with Crippen LogP contribution < -0.4 is 59.1 Å². The Balaban J connectivity index is -0.0000000483. The molecule has 0 radical (unpaired) electrons. The van der Waals surface area contributed by atoms with Gasteiger partial charge in [0.1, 0.15) is 0 Å². The third kappa shape index (κ3) is 41.8. The van der Waals surface area contributed by atoms with Crippen molar-refractivity contribution in [3.05, 3.63) is 0 Å². The van der Waals surface area contributed by atoms with E-state index in [9.17, 15) is 4.79 Å². The summed E-state index contributed by atoms with van der Waals surface area (Å²) in [5.74, 6) is 0.0926. The van der Waals surface area contributed by atoms with Crippen LogP contribution in [0.3, 0.4) is 0 Å². The zero-order chi connectivity index (χ0) is 8.73. The van der Waals surface area contributed by atoms with Crippen LogP contribution in [0.4, 0.5) is 0 Å². The molecule has 0 aliphatic rings. The molecule has 0 spiro atoms. The minimum atomic E-state index is -3.11. The van der Waals surface area contributed by atoms with Gasteiger partial charge in [0, 0.05) is 21.0 Å². The monoisotopic (exact) mass is 213 g/mol. The second kappa shape index (κ2) is 15.0. The first-order chi connectivity index (χ1) is 4.37. The summed E-state index contributed by atoms with van der Waals surface area (Å²) in [6, 6.07) is 0. The molecule has 0 aliphatic heterocycles. The van der Waals surface area contributed by atoms with E-state index in [2.05, 4.69) is 0 Å². The van der Waals surface area contributed by atoms with Crippen molar-refractivity contribution < 1.29 is 77.2 Å². The number of amides is 1. The second-order valence-electron chi connectivity index (χ2n) is 1.62. The number of rotatable bonds is 0. The van der Waals surface area contributed by atoms with E-state index < -0.39 is 11.4 Å². The van der Waals surface area contributed by atoms with Gasteiger partial charge in [0.2, 0.25) is 5.91 Å². The van der Waals surface area contributed by atoms with Crippen molar-refractivity contribution in [1.29, 1.82) is 0 Å². The van der Waals surface area contributed by atoms with E-state index in [-0.39, 0.29) is 65.0 Å². The maximum atomic E-state index is 10.1. The molecule has 1 amide bonds. The molecular formula is C4H9NNa2O4S. The molecule has 0 unspecified atom stereocenters. The van der Waals surface area contributed by atoms with Crippen LogP contribution in [0, 0.1) is 0 Å². The summed E-state index contributed by atoms with van der Waals surface area (Å²) < 4.78 is 25.3. The van der Waals surface area contributed by atoms with Gasteiger partial charge < -0.3 is 14.0 Å². The van der Waals surface area contributed by atoms with E-state index in [0.29, 0.717) is 0 Å². The molecule has 0 rings (SSSR count). The third-order valence-corrected chi connectivity index (χ3v) is 0.630. The van der Waals surface area contributed by atoms with Crippen LogP contribution in [0.2, 0.25) is 0 Å². The van der Waals surface area contributed by atoms with Crippen molar-refractivity contribution in [2.75, 3.05) is 14.1 Å². The Morgan fingerprint density at radius 3 is 1.33 bits per heavy atom. The van der Waals surface area contributed by atoms with Crippen molar-refractivity contribution >= 4 is 17.3 Å². The van der Waals surface area contributed by atoms with Crippen molar-refractivity contribution in [3.63, 3.8) is 0 Å². The topological polar surface area (TPSA) is 83.5 Å². The summed E-state index contributed by atoms with van der Waals surface area (Å²) in [6.45, 7) is 1.53. The van der Waals surface area contributed by atoms with Gasteiger partial charge in [-0.25, -0.2) is 0 Å². The van der Waals surface area contributed by atoms with Gasteiger partial charge in [0.05, 0.1) is 0 Å². The van der Waals surface area contributed by atoms with Crippen LogP contribution in [-0.2, 0) is 16.2 Å². The minimum Gasteiger partial charge on any atom is -0.784 e. The number of hydrogen-bond donors (Lipinski definition) is 0. The molecule has 0 aromatic heterocycles. The summed E-state index contributed by atoms with van der Waals surface area (Å²) in [5.41, 5.74) is 0. The van der Waals surface area contributed by atoms with Crippen LogP contribution in [0.25, 0.3) is 0 Å². The Bertz CT molecular complexity index is 128. The summed E-state index contributed by atoms with van der Waals surface area (Å²) in [7, 11) is 3.45. The summed E-state index contributed by atoms with van der Waals surface area (Å²) in [5, 5.41) is 0. The normalized spacial score (nSPS) is 6.83. The summed E-state index contributed by atoms with van der Waals surface area (Å²) in [4.78, 5) is 11.6. The van der Waals surface area contributed by atoms with E-state index in [0.717, 1.165) is 0 Å². The van der Waals surface area contributed by atoms with Crippen LogP contribution in [0.5, 0.6) is 0 Å². The van der Waals surface area contributed by atoms with Gasteiger partial charge in [-0.1, -0.05) is 0 Å². The van der Waals surface area contributed by atoms with Gasteiger partial charge in [-0.2, -0.15) is 0 Å². The molecule has 0 aromatic rings. The van der Waals surface area contributed by atoms with Gasteiger partial charge >= 0.3 is 59.1 Å². The molecule has 0 heterocycles. The van der Waals surface area contributed by atoms with Crippen molar-refractivity contribution in [3.8, 4) is 0 Å². The number of carbonyl (C=O) groups excluding carboxylic acids is 1. The van der Waals surface area contributed by atoms with Crippen LogP contribution >= 0.6 is 0 Å². The summed E-state index contributed by atoms with van der Waals surface area (Å²) >= 11 is -3.11. The summed E-state index contributed by atoms with van der Waals surface area (Å²) in [6.07, 6.45) is 0. The van der Waals surface area contributed by atoms with E-state index in [1.54, 1.807) is 14.1 Å². The Morgan fingerprint density at radius 2 is 1.33 bits per heavy atom. The Morgan fingerprint density at radius 1 is 1.25 bits per heavy atom. The van der Waals surface area contributed by atoms with Crippen LogP contribution in [-0.4, -0.2) is 38.2 Å². The van der Waals surface area contributed by atoms with Gasteiger partial charge in [0.25, 0.3) is 0 Å². The Hall–Kier alpha value is 1.54. The van der Waals surface area contributed by atoms with E-state index >= 15 is 0 Å². The molecule has 0 aromatic carbocycles. The third-order valence-electron chi connectivity index (χ3n) is 0.630. The maximum absolute atomic E-state index is 10.1. The van der Waals surface area contributed by atoms with Crippen molar-refractivity contribution in [2.24, 2.45) is 0 Å². The van der Waals surface area contributed by atoms with E-state index in [4.69, 9.17) is 13.3 Å². The van der Waals surface area contributed by atoms with E-state index in [1.165, 1.54) is 11.8 Å². The molecule has 8 heteroatoms. The predicted octanol–water partition coefficient (Wildman–Crippen LogP) is -6.90. The number of carbonyl (C=O) groups is 1. The van der Waals surface area contributed by atoms with Crippen LogP contribution in [0.15, 0.2) is 0 Å². The molecule has 0 bridgehead atoms. The zero-order valence-electron chi connectivity index (χ0n) is 7.99. The molecule has 0 fully saturated rings. The second-order valence-corrected chi connectivity index (χ2v) is 2.03. The first-order valence-corrected chi connectivity index (χ1v) is 3.32. The van der Waals surface area contributed by atoms with E-state index in [1.807, 2.05) is 0 Å². The number of nitrogens with zero attached hydrogens (tertiary/aromatic N) is 1. The number of hydrogen-bond acceptors (Lipinski definition) is 4. The SMILES string of the molecule is CC(=O)N(C)C.O=S([O-])[O-].[Na+].[Na+]. The predicted molar refractivity (Wildman–Crippen MR) is 34.1 cm³/mol. The molecule has 62 valence electrons. The van der Waals surface area contributed by atoms with Crippen LogP contribution in [0.1, 0.15) is 6.92 Å². The fraction of sp³-hybridized carbons (Fsp3) is 0.750. The van der Waals surface area contributed by atoms with Gasteiger partial charge in [0.15, 0.2) is 0 Å². The first-order valence-electron chi connectivity index (χ1n) is 2.32. The Labute approximate surface area is 119 Å². The first kappa shape index (κ1) is 23.4. The molecular weight excluding hydrogens is 204 g/mol. The van der Waals surface area contributed by atoms with Gasteiger partial charge in [-0.05, 0) is 0 Å². The molecule has 12 heavy (non-hydrogen) atoms. The molecule has 0 N–H and O–H groups in total. The maximum Gasteiger partial charge on any atom is 1.00 e. The van der Waals surface area contributed by atoms with Gasteiger partial charge in [-0.3, -0.25) is 9.00 Å². The molecule has 0 saturated heterocycles. The fourth-order valence-corrected chi connectivity index (χ4v) is 0. The zero-order valence-corrected chi connectivity index (χ0v) is 12.8. The minimum absolute atomic E-state index is 0. The fourth-order valence-electron chi connectivity index (χ4n) is 0. The Kier molecular flexibility index (Phi) is 29.3. The molecule has 0 aliphatic carbocycles. The molecule has 0 saturated carbocycles.